The Kier molecular flexibility index (Phi) is 10.1. The zero-order chi connectivity index (χ0) is 22.8. The number of nitrogens with one attached hydrogen (secondary N) is 3. The van der Waals surface area contributed by atoms with Crippen LogP contribution in [0.2, 0.25) is 24.7 Å². The lowest BCUT2D eigenvalue weighted by Crippen LogP contribution is -2.49. The molecule has 0 unspecified atom stereocenters. The van der Waals surface area contributed by atoms with Crippen LogP contribution in [0.1, 0.15) is 96.3 Å². The Balaban J connectivity index is 1.57. The van der Waals surface area contributed by atoms with Crippen molar-refractivity contribution in [2.24, 2.45) is 0 Å². The second-order valence-corrected chi connectivity index (χ2v) is 15.7. The molecule has 3 rings (SSSR count). The van der Waals surface area contributed by atoms with E-state index in [1.807, 2.05) is 0 Å². The summed E-state index contributed by atoms with van der Waals surface area (Å²) >= 11 is 0. The first-order valence-electron chi connectivity index (χ1n) is 13.3. The minimum Gasteiger partial charge on any atom is -0.354 e. The van der Waals surface area contributed by atoms with Crippen LogP contribution < -0.4 is 16.0 Å². The Morgan fingerprint density at radius 1 is 0.531 bits per heavy atom. The zero-order valence-corrected chi connectivity index (χ0v) is 21.2. The predicted molar refractivity (Wildman–Crippen MR) is 131 cm³/mol. The van der Waals surface area contributed by atoms with E-state index in [-0.39, 0.29) is 35.8 Å². The van der Waals surface area contributed by atoms with Gasteiger partial charge in [-0.1, -0.05) is 64.3 Å². The highest BCUT2D eigenvalue weighted by atomic mass is 28.3. The van der Waals surface area contributed by atoms with Crippen molar-refractivity contribution in [2.75, 3.05) is 0 Å². The summed E-state index contributed by atoms with van der Waals surface area (Å²) in [4.78, 5) is 38.8. The number of hydrogen-bond donors (Lipinski definition) is 3. The van der Waals surface area contributed by atoms with Gasteiger partial charge in [0.05, 0.1) is 8.07 Å². The molecule has 0 aromatic heterocycles. The van der Waals surface area contributed by atoms with Crippen LogP contribution in [0.25, 0.3) is 0 Å². The van der Waals surface area contributed by atoms with Crippen molar-refractivity contribution in [1.29, 1.82) is 0 Å². The van der Waals surface area contributed by atoms with Gasteiger partial charge in [0, 0.05) is 36.3 Å². The van der Waals surface area contributed by atoms with Gasteiger partial charge < -0.3 is 16.0 Å². The molecule has 32 heavy (non-hydrogen) atoms. The van der Waals surface area contributed by atoms with Gasteiger partial charge >= 0.3 is 0 Å². The average molecular weight is 464 g/mol. The normalized spacial score (nSPS) is 21.7. The van der Waals surface area contributed by atoms with Crippen LogP contribution in [-0.4, -0.2) is 43.9 Å². The maximum absolute atomic E-state index is 12.9. The topological polar surface area (TPSA) is 87.3 Å². The Hall–Kier alpha value is -1.37. The fourth-order valence-electron chi connectivity index (χ4n) is 5.93. The molecule has 0 heterocycles. The highest BCUT2D eigenvalue weighted by Crippen LogP contribution is 2.25. The lowest BCUT2D eigenvalue weighted by atomic mass is 9.95. The van der Waals surface area contributed by atoms with Crippen molar-refractivity contribution < 1.29 is 14.4 Å². The SMILES string of the molecule is C[Si](CC(=O)NC1CCCCC1)(CC(=O)NC1CCCCC1)CC(=O)NC1CCCCC1. The van der Waals surface area contributed by atoms with E-state index in [2.05, 4.69) is 22.5 Å². The molecule has 7 heteroatoms. The van der Waals surface area contributed by atoms with Gasteiger partial charge in [0.2, 0.25) is 17.7 Å². The molecule has 3 saturated carbocycles. The average Bonchev–Trinajstić information content (AvgIpc) is 2.75. The van der Waals surface area contributed by atoms with E-state index in [1.165, 1.54) is 57.8 Å². The van der Waals surface area contributed by atoms with Gasteiger partial charge in [0.15, 0.2) is 0 Å². The van der Waals surface area contributed by atoms with Crippen molar-refractivity contribution in [3.63, 3.8) is 0 Å². The van der Waals surface area contributed by atoms with E-state index in [0.717, 1.165) is 38.5 Å². The summed E-state index contributed by atoms with van der Waals surface area (Å²) in [5, 5.41) is 9.65. The Morgan fingerprint density at radius 3 is 1.03 bits per heavy atom. The molecule has 0 atom stereocenters. The van der Waals surface area contributed by atoms with Gasteiger partial charge in [-0.25, -0.2) is 0 Å². The minimum absolute atomic E-state index is 0.0435. The molecule has 0 saturated heterocycles. The van der Waals surface area contributed by atoms with Gasteiger partial charge in [-0.2, -0.15) is 0 Å². The van der Waals surface area contributed by atoms with Crippen molar-refractivity contribution in [1.82, 2.24) is 16.0 Å². The van der Waals surface area contributed by atoms with E-state index in [0.29, 0.717) is 18.1 Å². The molecule has 3 N–H and O–H groups in total. The van der Waals surface area contributed by atoms with Crippen molar-refractivity contribution in [2.45, 2.75) is 139 Å². The van der Waals surface area contributed by atoms with E-state index < -0.39 is 8.07 Å². The third-order valence-electron chi connectivity index (χ3n) is 7.67. The van der Waals surface area contributed by atoms with Crippen LogP contribution in [0.4, 0.5) is 0 Å². The molecule has 0 aromatic carbocycles. The first-order valence-corrected chi connectivity index (χ1v) is 16.4. The number of carbonyl (C=O) groups is 3. The summed E-state index contributed by atoms with van der Waals surface area (Å²) in [6.45, 7) is 2.08. The smallest absolute Gasteiger partial charge is 0.217 e. The molecule has 0 aromatic rings. The molecule has 0 radical (unpaired) electrons. The fourth-order valence-corrected chi connectivity index (χ4v) is 8.93. The summed E-state index contributed by atoms with van der Waals surface area (Å²) in [6, 6.07) is 1.88. The molecule has 3 aliphatic rings. The van der Waals surface area contributed by atoms with Crippen LogP contribution in [0.3, 0.4) is 0 Å². The first kappa shape index (κ1) is 25.3. The maximum Gasteiger partial charge on any atom is 0.217 e. The van der Waals surface area contributed by atoms with Crippen LogP contribution in [0.15, 0.2) is 0 Å². The summed E-state index contributed by atoms with van der Waals surface area (Å²) in [5.74, 6) is 0.131. The van der Waals surface area contributed by atoms with Crippen LogP contribution in [0, 0.1) is 0 Å². The molecule has 182 valence electrons. The molecular formula is C25H45N3O3Si. The second kappa shape index (κ2) is 12.8. The first-order chi connectivity index (χ1) is 15.4. The van der Waals surface area contributed by atoms with E-state index in [4.69, 9.17) is 0 Å². The molecule has 0 aliphatic heterocycles. The second-order valence-electron chi connectivity index (χ2n) is 11.0. The lowest BCUT2D eigenvalue weighted by molar-refractivity contribution is -0.120. The third kappa shape index (κ3) is 8.87. The molecule has 3 aliphatic carbocycles. The summed E-state index contributed by atoms with van der Waals surface area (Å²) in [7, 11) is -2.43. The Labute approximate surface area is 195 Å². The van der Waals surface area contributed by atoms with E-state index in [1.54, 1.807) is 0 Å². The third-order valence-corrected chi connectivity index (χ3v) is 11.2. The number of hydrogen-bond acceptors (Lipinski definition) is 3. The van der Waals surface area contributed by atoms with Crippen LogP contribution in [-0.2, 0) is 14.4 Å². The van der Waals surface area contributed by atoms with Gasteiger partial charge in [-0.05, 0) is 38.5 Å². The highest BCUT2D eigenvalue weighted by molar-refractivity contribution is 6.85. The van der Waals surface area contributed by atoms with Crippen molar-refractivity contribution >= 4 is 25.8 Å². The summed E-state index contributed by atoms with van der Waals surface area (Å²) in [5.41, 5.74) is 0. The summed E-state index contributed by atoms with van der Waals surface area (Å²) in [6.07, 6.45) is 17.1. The number of amides is 3. The molecule has 3 fully saturated rings. The van der Waals surface area contributed by atoms with Gasteiger partial charge in [-0.15, -0.1) is 0 Å². The lowest BCUT2D eigenvalue weighted by Gasteiger charge is -2.31. The Bertz CT molecular complexity index is 540. The van der Waals surface area contributed by atoms with Crippen LogP contribution >= 0.6 is 0 Å². The number of rotatable bonds is 9. The standard InChI is InChI=1S/C25H45N3O3Si/c1-32(17-23(29)26-20-11-5-2-6-12-20,18-24(30)27-21-13-7-3-8-14-21)19-25(31)28-22-15-9-4-10-16-22/h20-22H,2-19H2,1H3,(H,26,29)(H,27,30)(H,28,31). The predicted octanol–water partition coefficient (Wildman–Crippen LogP) is 4.41. The fraction of sp³-hybridized carbons (Fsp3) is 0.880. The van der Waals surface area contributed by atoms with Crippen molar-refractivity contribution in [3.05, 3.63) is 0 Å². The molecule has 3 amide bonds. The molecule has 6 nitrogen and oxygen atoms in total. The maximum atomic E-state index is 12.9. The van der Waals surface area contributed by atoms with Crippen LogP contribution in [0.5, 0.6) is 0 Å². The zero-order valence-electron chi connectivity index (χ0n) is 20.2. The quantitative estimate of drug-likeness (QED) is 0.443. The molecule has 0 spiro atoms. The van der Waals surface area contributed by atoms with E-state index in [9.17, 15) is 14.4 Å². The molecule has 0 bridgehead atoms. The van der Waals surface area contributed by atoms with Gasteiger partial charge in [0.25, 0.3) is 0 Å². The van der Waals surface area contributed by atoms with Gasteiger partial charge in [-0.3, -0.25) is 14.4 Å². The summed E-state index contributed by atoms with van der Waals surface area (Å²) < 4.78 is 0. The largest absolute Gasteiger partial charge is 0.354 e. The Morgan fingerprint density at radius 2 is 0.781 bits per heavy atom. The highest BCUT2D eigenvalue weighted by Gasteiger charge is 2.37. The van der Waals surface area contributed by atoms with Gasteiger partial charge in [0.1, 0.15) is 0 Å². The number of carbonyl (C=O) groups excluding carboxylic acids is 3. The monoisotopic (exact) mass is 463 g/mol. The van der Waals surface area contributed by atoms with Crippen molar-refractivity contribution in [3.8, 4) is 0 Å². The minimum atomic E-state index is -2.43. The van der Waals surface area contributed by atoms with E-state index >= 15 is 0 Å². The molecular weight excluding hydrogens is 418 g/mol.